The van der Waals surface area contributed by atoms with Crippen molar-refractivity contribution in [3.63, 3.8) is 0 Å². The van der Waals surface area contributed by atoms with Crippen LogP contribution >= 0.6 is 0 Å². The third-order valence-corrected chi connectivity index (χ3v) is 4.94. The maximum Gasteiger partial charge on any atom is 0.224 e. The summed E-state index contributed by atoms with van der Waals surface area (Å²) in [5.74, 6) is 1.12. The predicted molar refractivity (Wildman–Crippen MR) is 104 cm³/mol. The van der Waals surface area contributed by atoms with Gasteiger partial charge in [0.25, 0.3) is 0 Å². The molecule has 5 nitrogen and oxygen atoms in total. The van der Waals surface area contributed by atoms with Gasteiger partial charge in [-0.15, -0.1) is 0 Å². The minimum absolute atomic E-state index is 0.174. The van der Waals surface area contributed by atoms with Crippen LogP contribution in [0.3, 0.4) is 0 Å². The number of aryl methyl sites for hydroxylation is 2. The Bertz CT molecular complexity index is 872. The molecule has 0 bridgehead atoms. The van der Waals surface area contributed by atoms with Gasteiger partial charge in [-0.25, -0.2) is 4.98 Å². The molecule has 5 heteroatoms. The Labute approximate surface area is 154 Å². The summed E-state index contributed by atoms with van der Waals surface area (Å²) >= 11 is 0. The van der Waals surface area contributed by atoms with Gasteiger partial charge in [0.1, 0.15) is 5.82 Å². The first kappa shape index (κ1) is 18.1. The Morgan fingerprint density at radius 2 is 1.92 bits per heavy atom. The van der Waals surface area contributed by atoms with Crippen LogP contribution in [0.25, 0.3) is 11.0 Å². The zero-order valence-electron chi connectivity index (χ0n) is 15.7. The third kappa shape index (κ3) is 3.93. The van der Waals surface area contributed by atoms with Gasteiger partial charge in [-0.2, -0.15) is 0 Å². The number of fused-ring (bicyclic) bond motifs is 1. The van der Waals surface area contributed by atoms with Gasteiger partial charge in [0, 0.05) is 37.9 Å². The lowest BCUT2D eigenvalue weighted by Gasteiger charge is -2.29. The van der Waals surface area contributed by atoms with Crippen LogP contribution in [0.2, 0.25) is 0 Å². The highest BCUT2D eigenvalue weighted by molar-refractivity contribution is 5.78. The molecule has 1 amide bonds. The van der Waals surface area contributed by atoms with Crippen LogP contribution in [0, 0.1) is 6.92 Å². The first-order valence-electron chi connectivity index (χ1n) is 9.20. The molecule has 0 fully saturated rings. The van der Waals surface area contributed by atoms with Gasteiger partial charge in [-0.05, 0) is 50.1 Å². The number of amides is 1. The van der Waals surface area contributed by atoms with Crippen molar-refractivity contribution in [2.75, 3.05) is 0 Å². The molecule has 3 aromatic rings. The van der Waals surface area contributed by atoms with E-state index in [4.69, 9.17) is 0 Å². The van der Waals surface area contributed by atoms with Crippen molar-refractivity contribution in [1.82, 2.24) is 19.4 Å². The molecule has 136 valence electrons. The lowest BCUT2D eigenvalue weighted by atomic mass is 10.1. The van der Waals surface area contributed by atoms with E-state index < -0.39 is 0 Å². The van der Waals surface area contributed by atoms with E-state index in [0.717, 1.165) is 28.8 Å². The molecule has 0 aliphatic carbocycles. The number of imidazole rings is 1. The third-order valence-electron chi connectivity index (χ3n) is 4.94. The number of hydrogen-bond acceptors (Lipinski definition) is 3. The van der Waals surface area contributed by atoms with Crippen LogP contribution in [0.1, 0.15) is 38.1 Å². The van der Waals surface area contributed by atoms with Gasteiger partial charge in [-0.3, -0.25) is 9.78 Å². The maximum absolute atomic E-state index is 13.0. The first-order valence-corrected chi connectivity index (χ1v) is 9.20. The fraction of sp³-hybridized carbons (Fsp3) is 0.381. The summed E-state index contributed by atoms with van der Waals surface area (Å²) in [5, 5.41) is 0. The van der Waals surface area contributed by atoms with Crippen molar-refractivity contribution < 1.29 is 4.79 Å². The number of rotatable bonds is 7. The molecular formula is C21H26N4O. The van der Waals surface area contributed by atoms with Crippen LogP contribution in [0.5, 0.6) is 0 Å². The molecule has 1 atom stereocenters. The van der Waals surface area contributed by atoms with Gasteiger partial charge < -0.3 is 9.47 Å². The number of aromatic nitrogens is 3. The summed E-state index contributed by atoms with van der Waals surface area (Å²) in [6.45, 7) is 7.49. The number of nitrogens with zero attached hydrogens (tertiary/aromatic N) is 4. The fourth-order valence-electron chi connectivity index (χ4n) is 3.22. The van der Waals surface area contributed by atoms with E-state index in [-0.39, 0.29) is 11.9 Å². The second-order valence-electron chi connectivity index (χ2n) is 6.68. The van der Waals surface area contributed by atoms with Crippen LogP contribution in [0.4, 0.5) is 0 Å². The van der Waals surface area contributed by atoms with E-state index in [2.05, 4.69) is 34.4 Å². The first-order chi connectivity index (χ1) is 12.6. The molecule has 0 aliphatic rings. The fourth-order valence-corrected chi connectivity index (χ4v) is 3.22. The number of carbonyl (C=O) groups is 1. The maximum atomic E-state index is 13.0. The van der Waals surface area contributed by atoms with Crippen molar-refractivity contribution in [1.29, 1.82) is 0 Å². The molecular weight excluding hydrogens is 324 g/mol. The quantitative estimate of drug-likeness (QED) is 0.648. The van der Waals surface area contributed by atoms with E-state index in [1.165, 1.54) is 0 Å². The lowest BCUT2D eigenvalue weighted by Crippen LogP contribution is -2.38. The van der Waals surface area contributed by atoms with E-state index in [9.17, 15) is 4.79 Å². The van der Waals surface area contributed by atoms with Gasteiger partial charge in [-0.1, -0.05) is 19.1 Å². The van der Waals surface area contributed by atoms with Crippen molar-refractivity contribution in [3.05, 3.63) is 60.2 Å². The number of para-hydroxylation sites is 2. The Hall–Kier alpha value is -2.69. The molecule has 0 aliphatic heterocycles. The summed E-state index contributed by atoms with van der Waals surface area (Å²) in [6, 6.07) is 12.2. The Kier molecular flexibility index (Phi) is 5.66. The Morgan fingerprint density at radius 3 is 2.65 bits per heavy atom. The highest BCUT2D eigenvalue weighted by Gasteiger charge is 2.19. The number of hydrogen-bond donors (Lipinski definition) is 0. The molecule has 1 unspecified atom stereocenters. The van der Waals surface area contributed by atoms with Crippen molar-refractivity contribution in [2.45, 2.75) is 52.7 Å². The molecule has 0 N–H and O–H groups in total. The molecule has 1 aromatic carbocycles. The highest BCUT2D eigenvalue weighted by atomic mass is 16.2. The Balaban J connectivity index is 1.74. The van der Waals surface area contributed by atoms with Crippen LogP contribution < -0.4 is 0 Å². The largest absolute Gasteiger partial charge is 0.336 e. The summed E-state index contributed by atoms with van der Waals surface area (Å²) in [7, 11) is 0. The lowest BCUT2D eigenvalue weighted by molar-refractivity contribution is -0.134. The van der Waals surface area contributed by atoms with Crippen LogP contribution in [0.15, 0.2) is 48.8 Å². The zero-order chi connectivity index (χ0) is 18.5. The summed E-state index contributed by atoms with van der Waals surface area (Å²) in [6.07, 6.45) is 4.95. The van der Waals surface area contributed by atoms with E-state index >= 15 is 0 Å². The average molecular weight is 350 g/mol. The number of pyridine rings is 1. The summed E-state index contributed by atoms with van der Waals surface area (Å²) in [5.41, 5.74) is 3.17. The van der Waals surface area contributed by atoms with Gasteiger partial charge in [0.15, 0.2) is 0 Å². The van der Waals surface area contributed by atoms with Gasteiger partial charge in [0.2, 0.25) is 5.91 Å². The minimum atomic E-state index is 0.174. The normalized spacial score (nSPS) is 12.3. The van der Waals surface area contributed by atoms with Crippen molar-refractivity contribution >= 4 is 16.9 Å². The SMILES string of the molecule is CCC(C)N(Cc1ccncc1)C(=O)CCn1c(C)nc2ccccc21. The smallest absolute Gasteiger partial charge is 0.224 e. The monoisotopic (exact) mass is 350 g/mol. The molecule has 3 rings (SSSR count). The highest BCUT2D eigenvalue weighted by Crippen LogP contribution is 2.17. The molecule has 0 spiro atoms. The van der Waals surface area contributed by atoms with Gasteiger partial charge in [0.05, 0.1) is 11.0 Å². The van der Waals surface area contributed by atoms with Gasteiger partial charge >= 0.3 is 0 Å². The van der Waals surface area contributed by atoms with E-state index in [1.807, 2.05) is 42.2 Å². The molecule has 2 aromatic heterocycles. The zero-order valence-corrected chi connectivity index (χ0v) is 15.7. The standard InChI is InChI=1S/C21H26N4O/c1-4-16(2)25(15-18-9-12-22-13-10-18)21(26)11-14-24-17(3)23-19-7-5-6-8-20(19)24/h5-10,12-13,16H,4,11,14-15H2,1-3H3. The minimum Gasteiger partial charge on any atom is -0.336 e. The van der Waals surface area contributed by atoms with Crippen molar-refractivity contribution in [2.24, 2.45) is 0 Å². The second kappa shape index (κ2) is 8.13. The summed E-state index contributed by atoms with van der Waals surface area (Å²) in [4.78, 5) is 23.6. The molecule has 2 heterocycles. The summed E-state index contributed by atoms with van der Waals surface area (Å²) < 4.78 is 2.13. The number of carbonyl (C=O) groups excluding carboxylic acids is 1. The van der Waals surface area contributed by atoms with E-state index in [0.29, 0.717) is 19.5 Å². The van der Waals surface area contributed by atoms with Crippen molar-refractivity contribution in [3.8, 4) is 0 Å². The van der Waals surface area contributed by atoms with Crippen LogP contribution in [-0.2, 0) is 17.9 Å². The Morgan fingerprint density at radius 1 is 1.19 bits per heavy atom. The van der Waals surface area contributed by atoms with E-state index in [1.54, 1.807) is 12.4 Å². The molecule has 26 heavy (non-hydrogen) atoms. The second-order valence-corrected chi connectivity index (χ2v) is 6.68. The molecule has 0 radical (unpaired) electrons. The predicted octanol–water partition coefficient (Wildman–Crippen LogP) is 3.96. The van der Waals surface area contributed by atoms with Crippen LogP contribution in [-0.4, -0.2) is 31.4 Å². The molecule has 0 saturated heterocycles. The average Bonchev–Trinajstić information content (AvgIpc) is 2.99. The number of benzene rings is 1. The topological polar surface area (TPSA) is 51.0 Å². The molecule has 0 saturated carbocycles.